The van der Waals surface area contributed by atoms with Gasteiger partial charge >= 0.3 is 0 Å². The van der Waals surface area contributed by atoms with Crippen molar-refractivity contribution in [2.45, 2.75) is 6.10 Å². The molecule has 0 spiro atoms. The number of carbonyl (C=O) groups excluding carboxylic acids is 1. The molecule has 1 amide bonds. The van der Waals surface area contributed by atoms with Gasteiger partial charge in [-0.25, -0.2) is 0 Å². The lowest BCUT2D eigenvalue weighted by Gasteiger charge is -2.28. The molecule has 1 unspecified atom stereocenters. The van der Waals surface area contributed by atoms with Crippen molar-refractivity contribution in [1.82, 2.24) is 10.2 Å². The van der Waals surface area contributed by atoms with Crippen molar-refractivity contribution >= 4 is 5.91 Å². The fourth-order valence-electron chi connectivity index (χ4n) is 1.49. The molecule has 4 heteroatoms. The van der Waals surface area contributed by atoms with Gasteiger partial charge in [-0.05, 0) is 0 Å². The molecule has 1 N–H and O–H groups in total. The van der Waals surface area contributed by atoms with E-state index in [1.54, 1.807) is 17.1 Å². The molecular weight excluding hydrogens is 192 g/mol. The topological polar surface area (TPSA) is 41.6 Å². The van der Waals surface area contributed by atoms with Crippen LogP contribution in [0.3, 0.4) is 0 Å². The van der Waals surface area contributed by atoms with E-state index in [0.29, 0.717) is 26.2 Å². The van der Waals surface area contributed by atoms with Gasteiger partial charge in [0.1, 0.15) is 6.10 Å². The number of hydrogen-bond donors (Lipinski definition) is 1. The molecule has 0 aromatic heterocycles. The van der Waals surface area contributed by atoms with Crippen LogP contribution in [0, 0.1) is 0 Å². The number of ether oxygens (including phenoxy) is 1. The molecule has 0 saturated carbocycles. The third-order valence-electron chi connectivity index (χ3n) is 2.21. The summed E-state index contributed by atoms with van der Waals surface area (Å²) in [4.78, 5) is 13.6. The number of hydrogen-bond acceptors (Lipinski definition) is 3. The zero-order chi connectivity index (χ0) is 11.1. The number of nitrogens with one attached hydrogen (secondary N) is 1. The minimum atomic E-state index is -0.362. The second-order valence-electron chi connectivity index (χ2n) is 3.38. The van der Waals surface area contributed by atoms with Crippen molar-refractivity contribution in [3.8, 4) is 0 Å². The van der Waals surface area contributed by atoms with Crippen LogP contribution < -0.4 is 5.32 Å². The lowest BCUT2D eigenvalue weighted by molar-refractivity contribution is -0.144. The Kier molecular flexibility index (Phi) is 5.07. The molecule has 1 fully saturated rings. The van der Waals surface area contributed by atoms with Crippen LogP contribution in [0.5, 0.6) is 0 Å². The van der Waals surface area contributed by atoms with Crippen LogP contribution >= 0.6 is 0 Å². The van der Waals surface area contributed by atoms with E-state index < -0.39 is 0 Å². The van der Waals surface area contributed by atoms with Crippen molar-refractivity contribution < 1.29 is 9.53 Å². The lowest BCUT2D eigenvalue weighted by Crippen LogP contribution is -2.49. The van der Waals surface area contributed by atoms with Crippen LogP contribution in [0.2, 0.25) is 0 Å². The first-order valence-electron chi connectivity index (χ1n) is 5.12. The molecule has 1 rings (SSSR count). The quantitative estimate of drug-likeness (QED) is 0.658. The summed E-state index contributed by atoms with van der Waals surface area (Å²) >= 11 is 0. The molecule has 0 radical (unpaired) electrons. The highest BCUT2D eigenvalue weighted by Crippen LogP contribution is 2.02. The predicted molar refractivity (Wildman–Crippen MR) is 59.6 cm³/mol. The van der Waals surface area contributed by atoms with E-state index in [1.807, 2.05) is 0 Å². The summed E-state index contributed by atoms with van der Waals surface area (Å²) in [5, 5.41) is 3.13. The first-order chi connectivity index (χ1) is 7.29. The minimum absolute atomic E-state index is 0.00185. The van der Waals surface area contributed by atoms with Crippen molar-refractivity contribution in [1.29, 1.82) is 0 Å². The van der Waals surface area contributed by atoms with Crippen molar-refractivity contribution in [3.05, 3.63) is 25.3 Å². The van der Waals surface area contributed by atoms with E-state index in [0.717, 1.165) is 6.54 Å². The van der Waals surface area contributed by atoms with Crippen LogP contribution in [0.1, 0.15) is 0 Å². The van der Waals surface area contributed by atoms with Crippen molar-refractivity contribution in [3.63, 3.8) is 0 Å². The molecule has 84 valence electrons. The third-order valence-corrected chi connectivity index (χ3v) is 2.21. The molecule has 0 aromatic carbocycles. The van der Waals surface area contributed by atoms with Gasteiger partial charge in [0, 0.05) is 26.2 Å². The maximum atomic E-state index is 11.9. The first-order valence-corrected chi connectivity index (χ1v) is 5.12. The zero-order valence-corrected chi connectivity index (χ0v) is 8.95. The van der Waals surface area contributed by atoms with Gasteiger partial charge in [-0.1, -0.05) is 12.2 Å². The molecule has 0 bridgehead atoms. The molecule has 1 aliphatic heterocycles. The smallest absolute Gasteiger partial charge is 0.253 e. The Labute approximate surface area is 90.6 Å². The largest absolute Gasteiger partial charge is 0.366 e. The standard InChI is InChI=1S/C11H18N2O2/c1-3-6-13(7-4-2)11(14)10-9-12-5-8-15-10/h3-4,10,12H,1-2,5-9H2. The van der Waals surface area contributed by atoms with E-state index in [4.69, 9.17) is 4.74 Å². The Morgan fingerprint density at radius 1 is 1.47 bits per heavy atom. The van der Waals surface area contributed by atoms with Gasteiger partial charge in [0.15, 0.2) is 0 Å². The van der Waals surface area contributed by atoms with Gasteiger partial charge in [-0.3, -0.25) is 4.79 Å². The monoisotopic (exact) mass is 210 g/mol. The molecule has 1 atom stereocenters. The molecule has 4 nitrogen and oxygen atoms in total. The van der Waals surface area contributed by atoms with Crippen LogP contribution in [0.25, 0.3) is 0 Å². The van der Waals surface area contributed by atoms with E-state index in [2.05, 4.69) is 18.5 Å². The van der Waals surface area contributed by atoms with Crippen LogP contribution in [0.15, 0.2) is 25.3 Å². The summed E-state index contributed by atoms with van der Waals surface area (Å²) in [5.74, 6) is 0.00185. The molecule has 1 aliphatic rings. The second kappa shape index (κ2) is 6.37. The van der Waals surface area contributed by atoms with Gasteiger partial charge in [0.05, 0.1) is 6.61 Å². The maximum Gasteiger partial charge on any atom is 0.253 e. The van der Waals surface area contributed by atoms with E-state index in [-0.39, 0.29) is 12.0 Å². The molecule has 0 aliphatic carbocycles. The summed E-state index contributed by atoms with van der Waals surface area (Å²) in [6.07, 6.45) is 3.05. The van der Waals surface area contributed by atoms with E-state index >= 15 is 0 Å². The predicted octanol–water partition coefficient (Wildman–Crippen LogP) is 0.175. The number of carbonyl (C=O) groups is 1. The molecule has 15 heavy (non-hydrogen) atoms. The molecule has 1 heterocycles. The van der Waals surface area contributed by atoms with Gasteiger partial charge in [-0.2, -0.15) is 0 Å². The summed E-state index contributed by atoms with van der Waals surface area (Å²) in [7, 11) is 0. The second-order valence-corrected chi connectivity index (χ2v) is 3.38. The molecule has 0 aromatic rings. The summed E-state index contributed by atoms with van der Waals surface area (Å²) in [6, 6.07) is 0. The summed E-state index contributed by atoms with van der Waals surface area (Å²) in [6.45, 7) is 10.3. The van der Waals surface area contributed by atoms with Gasteiger partial charge in [0.25, 0.3) is 5.91 Å². The highest BCUT2D eigenvalue weighted by Gasteiger charge is 2.25. The van der Waals surface area contributed by atoms with E-state index in [9.17, 15) is 4.79 Å². The normalized spacial score (nSPS) is 20.7. The fourth-order valence-corrected chi connectivity index (χ4v) is 1.49. The number of amides is 1. The third kappa shape index (κ3) is 3.49. The van der Waals surface area contributed by atoms with Gasteiger partial charge in [0.2, 0.25) is 0 Å². The first kappa shape index (κ1) is 11.9. The van der Waals surface area contributed by atoms with Crippen LogP contribution in [0.4, 0.5) is 0 Å². The van der Waals surface area contributed by atoms with Crippen LogP contribution in [-0.2, 0) is 9.53 Å². The van der Waals surface area contributed by atoms with Gasteiger partial charge in [-0.15, -0.1) is 13.2 Å². The van der Waals surface area contributed by atoms with E-state index in [1.165, 1.54) is 0 Å². The Balaban J connectivity index is 2.52. The Morgan fingerprint density at radius 2 is 2.13 bits per heavy atom. The number of morpholine rings is 1. The zero-order valence-electron chi connectivity index (χ0n) is 8.95. The summed E-state index contributed by atoms with van der Waals surface area (Å²) < 4.78 is 5.39. The number of rotatable bonds is 5. The summed E-state index contributed by atoms with van der Waals surface area (Å²) in [5.41, 5.74) is 0. The lowest BCUT2D eigenvalue weighted by atomic mass is 10.2. The molecule has 1 saturated heterocycles. The fraction of sp³-hybridized carbons (Fsp3) is 0.545. The van der Waals surface area contributed by atoms with Gasteiger partial charge < -0.3 is 15.0 Å². The maximum absolute atomic E-state index is 11.9. The highest BCUT2D eigenvalue weighted by atomic mass is 16.5. The SMILES string of the molecule is C=CCN(CC=C)C(=O)C1CNCCO1. The van der Waals surface area contributed by atoms with Crippen molar-refractivity contribution in [2.75, 3.05) is 32.8 Å². The Bertz CT molecular complexity index is 225. The molecular formula is C11H18N2O2. The number of nitrogens with zero attached hydrogens (tertiary/aromatic N) is 1. The highest BCUT2D eigenvalue weighted by molar-refractivity contribution is 5.81. The Hall–Kier alpha value is -1.13. The Morgan fingerprint density at radius 3 is 2.60 bits per heavy atom. The van der Waals surface area contributed by atoms with Crippen LogP contribution in [-0.4, -0.2) is 49.7 Å². The average Bonchev–Trinajstić information content (AvgIpc) is 2.29. The average molecular weight is 210 g/mol. The minimum Gasteiger partial charge on any atom is -0.366 e. The van der Waals surface area contributed by atoms with Crippen molar-refractivity contribution in [2.24, 2.45) is 0 Å².